The highest BCUT2D eigenvalue weighted by Crippen LogP contribution is 2.36. The zero-order valence-electron chi connectivity index (χ0n) is 9.86. The van der Waals surface area contributed by atoms with Gasteiger partial charge < -0.3 is 10.6 Å². The van der Waals surface area contributed by atoms with E-state index in [-0.39, 0.29) is 5.54 Å². The molecular weight excluding hydrogens is 234 g/mol. The van der Waals surface area contributed by atoms with Crippen LogP contribution < -0.4 is 5.73 Å². The van der Waals surface area contributed by atoms with Crippen LogP contribution in [0.5, 0.6) is 0 Å². The van der Waals surface area contributed by atoms with Crippen LogP contribution in [0.4, 0.5) is 0 Å². The number of rotatable bonds is 3. The van der Waals surface area contributed by atoms with Gasteiger partial charge in [-0.25, -0.2) is 0 Å². The molecule has 2 rings (SSSR count). The van der Waals surface area contributed by atoms with Gasteiger partial charge >= 0.3 is 0 Å². The summed E-state index contributed by atoms with van der Waals surface area (Å²) in [6.45, 7) is 7.14. The second kappa shape index (κ2) is 4.41. The highest BCUT2D eigenvalue weighted by molar-refractivity contribution is 6.31. The highest BCUT2D eigenvalue weighted by atomic mass is 35.5. The SMILES string of the molecule is C=CCN1C(N)=NCC1(C)c1ccccc1Cl. The van der Waals surface area contributed by atoms with Gasteiger partial charge in [-0.2, -0.15) is 0 Å². The highest BCUT2D eigenvalue weighted by Gasteiger charge is 2.39. The molecule has 3 nitrogen and oxygen atoms in total. The van der Waals surface area contributed by atoms with Crippen molar-refractivity contribution >= 4 is 17.6 Å². The lowest BCUT2D eigenvalue weighted by Gasteiger charge is -2.36. The van der Waals surface area contributed by atoms with Crippen LogP contribution in [0.3, 0.4) is 0 Å². The van der Waals surface area contributed by atoms with Crippen LogP contribution in [-0.4, -0.2) is 23.9 Å². The first kappa shape index (κ1) is 12.0. The van der Waals surface area contributed by atoms with E-state index in [4.69, 9.17) is 17.3 Å². The van der Waals surface area contributed by atoms with Crippen LogP contribution in [0, 0.1) is 0 Å². The van der Waals surface area contributed by atoms with Gasteiger partial charge in [0, 0.05) is 11.6 Å². The van der Waals surface area contributed by atoms with Gasteiger partial charge in [0.25, 0.3) is 0 Å². The summed E-state index contributed by atoms with van der Waals surface area (Å²) in [6.07, 6.45) is 1.82. The Morgan fingerprint density at radius 3 is 2.94 bits per heavy atom. The number of nitrogens with zero attached hydrogens (tertiary/aromatic N) is 2. The smallest absolute Gasteiger partial charge is 0.192 e. The Labute approximate surface area is 107 Å². The molecule has 0 spiro atoms. The van der Waals surface area contributed by atoms with Crippen molar-refractivity contribution in [1.82, 2.24) is 4.90 Å². The molecule has 1 aliphatic rings. The van der Waals surface area contributed by atoms with Gasteiger partial charge in [-0.1, -0.05) is 35.9 Å². The van der Waals surface area contributed by atoms with E-state index in [1.165, 1.54) is 0 Å². The molecule has 1 aliphatic heterocycles. The van der Waals surface area contributed by atoms with Crippen LogP contribution in [-0.2, 0) is 5.54 Å². The van der Waals surface area contributed by atoms with E-state index >= 15 is 0 Å². The third-order valence-corrected chi connectivity index (χ3v) is 3.52. The topological polar surface area (TPSA) is 41.6 Å². The average molecular weight is 250 g/mol. The number of nitrogens with two attached hydrogens (primary N) is 1. The Morgan fingerprint density at radius 1 is 1.59 bits per heavy atom. The van der Waals surface area contributed by atoms with Crippen molar-refractivity contribution in [2.24, 2.45) is 10.7 Å². The summed E-state index contributed by atoms with van der Waals surface area (Å²) in [7, 11) is 0. The summed E-state index contributed by atoms with van der Waals surface area (Å²) in [5, 5.41) is 0.744. The van der Waals surface area contributed by atoms with Gasteiger partial charge in [0.15, 0.2) is 5.96 Å². The van der Waals surface area contributed by atoms with E-state index in [9.17, 15) is 0 Å². The molecule has 0 radical (unpaired) electrons. The minimum atomic E-state index is -0.281. The molecule has 0 saturated carbocycles. The van der Waals surface area contributed by atoms with Gasteiger partial charge in [0.1, 0.15) is 0 Å². The minimum absolute atomic E-state index is 0.281. The Kier molecular flexibility index (Phi) is 3.11. The molecule has 0 bridgehead atoms. The molecule has 4 heteroatoms. The molecule has 1 aromatic carbocycles. The van der Waals surface area contributed by atoms with Crippen molar-refractivity contribution < 1.29 is 0 Å². The zero-order valence-corrected chi connectivity index (χ0v) is 10.6. The fourth-order valence-corrected chi connectivity index (χ4v) is 2.55. The third-order valence-electron chi connectivity index (χ3n) is 3.19. The normalized spacial score (nSPS) is 23.6. The molecule has 17 heavy (non-hydrogen) atoms. The molecule has 0 aliphatic carbocycles. The first-order chi connectivity index (χ1) is 8.09. The first-order valence-electron chi connectivity index (χ1n) is 5.53. The third kappa shape index (κ3) is 1.91. The molecule has 1 aromatic rings. The number of hydrogen-bond acceptors (Lipinski definition) is 3. The lowest BCUT2D eigenvalue weighted by molar-refractivity contribution is 0.245. The van der Waals surface area contributed by atoms with Crippen LogP contribution in [0.25, 0.3) is 0 Å². The first-order valence-corrected chi connectivity index (χ1v) is 5.91. The van der Waals surface area contributed by atoms with Crippen molar-refractivity contribution in [1.29, 1.82) is 0 Å². The second-order valence-corrected chi connectivity index (χ2v) is 4.73. The summed E-state index contributed by atoms with van der Waals surface area (Å²) in [4.78, 5) is 6.35. The summed E-state index contributed by atoms with van der Waals surface area (Å²) < 4.78 is 0. The van der Waals surface area contributed by atoms with E-state index in [0.29, 0.717) is 19.0 Å². The Bertz CT molecular complexity index is 469. The van der Waals surface area contributed by atoms with Crippen molar-refractivity contribution in [3.05, 3.63) is 47.5 Å². The predicted molar refractivity (Wildman–Crippen MR) is 72.2 cm³/mol. The summed E-state index contributed by atoms with van der Waals surface area (Å²) in [5.41, 5.74) is 6.68. The Hall–Kier alpha value is -1.48. The fraction of sp³-hybridized carbons (Fsp3) is 0.308. The summed E-state index contributed by atoms with van der Waals surface area (Å²) in [6, 6.07) is 7.81. The molecule has 2 N–H and O–H groups in total. The van der Waals surface area contributed by atoms with E-state index < -0.39 is 0 Å². The van der Waals surface area contributed by atoms with Crippen LogP contribution in [0.2, 0.25) is 5.02 Å². The van der Waals surface area contributed by atoms with Gasteiger partial charge in [-0.3, -0.25) is 4.99 Å². The number of hydrogen-bond donors (Lipinski definition) is 1. The van der Waals surface area contributed by atoms with Gasteiger partial charge in [-0.05, 0) is 18.6 Å². The molecule has 1 heterocycles. The summed E-state index contributed by atoms with van der Waals surface area (Å²) in [5.74, 6) is 0.548. The minimum Gasteiger partial charge on any atom is -0.370 e. The molecule has 0 aromatic heterocycles. The standard InChI is InChI=1S/C13H16ClN3/c1-3-8-17-12(15)16-9-13(17,2)10-6-4-5-7-11(10)14/h3-7H,1,8-9H2,2H3,(H2,15,16). The second-order valence-electron chi connectivity index (χ2n) is 4.33. The van der Waals surface area contributed by atoms with Crippen molar-refractivity contribution in [3.8, 4) is 0 Å². The molecular formula is C13H16ClN3. The lowest BCUT2D eigenvalue weighted by Crippen LogP contribution is -2.47. The van der Waals surface area contributed by atoms with Gasteiger partial charge in [-0.15, -0.1) is 6.58 Å². The molecule has 0 amide bonds. The van der Waals surface area contributed by atoms with Crippen LogP contribution in [0.15, 0.2) is 41.9 Å². The molecule has 1 unspecified atom stereocenters. The number of aliphatic imine (C=N–C) groups is 1. The van der Waals surface area contributed by atoms with Crippen molar-refractivity contribution in [3.63, 3.8) is 0 Å². The van der Waals surface area contributed by atoms with Crippen LogP contribution >= 0.6 is 11.6 Å². The zero-order chi connectivity index (χ0) is 12.5. The largest absolute Gasteiger partial charge is 0.370 e. The fourth-order valence-electron chi connectivity index (χ4n) is 2.21. The lowest BCUT2D eigenvalue weighted by atomic mass is 9.91. The molecule has 90 valence electrons. The van der Waals surface area contributed by atoms with Crippen LogP contribution in [0.1, 0.15) is 12.5 Å². The maximum Gasteiger partial charge on any atom is 0.192 e. The molecule has 0 saturated heterocycles. The van der Waals surface area contributed by atoms with Gasteiger partial charge in [0.2, 0.25) is 0 Å². The van der Waals surface area contributed by atoms with Crippen molar-refractivity contribution in [2.75, 3.05) is 13.1 Å². The molecule has 1 atom stereocenters. The Balaban J connectivity index is 2.43. The summed E-state index contributed by atoms with van der Waals surface area (Å²) >= 11 is 6.26. The molecule has 0 fully saturated rings. The maximum absolute atomic E-state index is 6.26. The number of guanidine groups is 1. The van der Waals surface area contributed by atoms with E-state index in [1.54, 1.807) is 0 Å². The number of benzene rings is 1. The van der Waals surface area contributed by atoms with E-state index in [2.05, 4.69) is 18.5 Å². The van der Waals surface area contributed by atoms with E-state index in [0.717, 1.165) is 10.6 Å². The van der Waals surface area contributed by atoms with Gasteiger partial charge in [0.05, 0.1) is 12.1 Å². The Morgan fingerprint density at radius 2 is 2.29 bits per heavy atom. The van der Waals surface area contributed by atoms with E-state index in [1.807, 2.05) is 35.2 Å². The van der Waals surface area contributed by atoms with Crippen molar-refractivity contribution in [2.45, 2.75) is 12.5 Å². The monoisotopic (exact) mass is 249 g/mol. The predicted octanol–water partition coefficient (Wildman–Crippen LogP) is 2.37. The average Bonchev–Trinajstić information content (AvgIpc) is 2.59. The number of halogens is 1. The maximum atomic E-state index is 6.26. The quantitative estimate of drug-likeness (QED) is 0.836.